The van der Waals surface area contributed by atoms with Gasteiger partial charge in [-0.05, 0) is 31.2 Å². The van der Waals surface area contributed by atoms with E-state index in [9.17, 15) is 4.79 Å². The third kappa shape index (κ3) is 4.52. The van der Waals surface area contributed by atoms with Crippen LogP contribution in [0.3, 0.4) is 0 Å². The van der Waals surface area contributed by atoms with Crippen molar-refractivity contribution in [3.8, 4) is 0 Å². The second-order valence-electron chi connectivity index (χ2n) is 5.17. The second-order valence-corrected chi connectivity index (χ2v) is 5.17. The molecule has 1 fully saturated rings. The Morgan fingerprint density at radius 2 is 2.00 bits per heavy atom. The molecule has 0 aromatic heterocycles. The largest absolute Gasteiger partial charge is 0.480 e. The van der Waals surface area contributed by atoms with Crippen LogP contribution in [0.2, 0.25) is 0 Å². The van der Waals surface area contributed by atoms with Gasteiger partial charge in [-0.25, -0.2) is 0 Å². The van der Waals surface area contributed by atoms with Gasteiger partial charge < -0.3 is 10.4 Å². The maximum absolute atomic E-state index is 10.8. The first-order chi connectivity index (χ1) is 7.63. The quantitative estimate of drug-likeness (QED) is 0.733. The van der Waals surface area contributed by atoms with Gasteiger partial charge >= 0.3 is 5.97 Å². The Bertz CT molecular complexity index is 210. The molecule has 3 nitrogen and oxygen atoms in total. The fourth-order valence-electron chi connectivity index (χ4n) is 2.49. The SMILES string of the molecule is CCC(NCCC1CCC(C)CC1)C(=O)O. The predicted octanol–water partition coefficient (Wildman–Crippen LogP) is 2.66. The van der Waals surface area contributed by atoms with Crippen molar-refractivity contribution < 1.29 is 9.90 Å². The number of nitrogens with one attached hydrogen (secondary N) is 1. The molecule has 1 saturated carbocycles. The Kier molecular flexibility index (Phi) is 5.81. The zero-order valence-corrected chi connectivity index (χ0v) is 10.5. The maximum atomic E-state index is 10.8. The summed E-state index contributed by atoms with van der Waals surface area (Å²) >= 11 is 0. The topological polar surface area (TPSA) is 49.3 Å². The molecule has 1 aliphatic carbocycles. The van der Waals surface area contributed by atoms with Crippen molar-refractivity contribution in [3.63, 3.8) is 0 Å². The Labute approximate surface area is 98.6 Å². The lowest BCUT2D eigenvalue weighted by molar-refractivity contribution is -0.139. The summed E-state index contributed by atoms with van der Waals surface area (Å²) in [5.41, 5.74) is 0. The fourth-order valence-corrected chi connectivity index (χ4v) is 2.49. The van der Waals surface area contributed by atoms with E-state index in [2.05, 4.69) is 12.2 Å². The van der Waals surface area contributed by atoms with Crippen molar-refractivity contribution in [1.82, 2.24) is 5.32 Å². The summed E-state index contributed by atoms with van der Waals surface area (Å²) in [5.74, 6) is 0.987. The van der Waals surface area contributed by atoms with E-state index in [4.69, 9.17) is 5.11 Å². The van der Waals surface area contributed by atoms with E-state index in [1.807, 2.05) is 6.92 Å². The lowest BCUT2D eigenvalue weighted by atomic mass is 9.81. The van der Waals surface area contributed by atoms with E-state index in [0.717, 1.165) is 24.8 Å². The molecule has 2 N–H and O–H groups in total. The van der Waals surface area contributed by atoms with E-state index in [1.54, 1.807) is 0 Å². The molecule has 16 heavy (non-hydrogen) atoms. The first kappa shape index (κ1) is 13.5. The lowest BCUT2D eigenvalue weighted by Crippen LogP contribution is -2.37. The normalized spacial score (nSPS) is 27.6. The first-order valence-corrected chi connectivity index (χ1v) is 6.59. The fraction of sp³-hybridized carbons (Fsp3) is 0.923. The third-order valence-corrected chi connectivity index (χ3v) is 3.79. The minimum Gasteiger partial charge on any atom is -0.480 e. The average Bonchev–Trinajstić information content (AvgIpc) is 2.26. The van der Waals surface area contributed by atoms with Gasteiger partial charge in [-0.2, -0.15) is 0 Å². The van der Waals surface area contributed by atoms with Crippen LogP contribution in [0.25, 0.3) is 0 Å². The van der Waals surface area contributed by atoms with Crippen LogP contribution in [0.15, 0.2) is 0 Å². The molecule has 3 heteroatoms. The summed E-state index contributed by atoms with van der Waals surface area (Å²) in [6.45, 7) is 5.09. The lowest BCUT2D eigenvalue weighted by Gasteiger charge is -2.26. The van der Waals surface area contributed by atoms with E-state index >= 15 is 0 Å². The molecule has 0 saturated heterocycles. The highest BCUT2D eigenvalue weighted by molar-refractivity contribution is 5.73. The second kappa shape index (κ2) is 6.89. The summed E-state index contributed by atoms with van der Waals surface area (Å²) in [5, 5.41) is 12.0. The van der Waals surface area contributed by atoms with Crippen LogP contribution in [0.1, 0.15) is 52.4 Å². The van der Waals surface area contributed by atoms with E-state index in [-0.39, 0.29) is 6.04 Å². The minimum atomic E-state index is -0.722. The van der Waals surface area contributed by atoms with E-state index in [0.29, 0.717) is 6.42 Å². The number of carboxylic acid groups (broad SMARTS) is 1. The molecule has 1 rings (SSSR count). The van der Waals surface area contributed by atoms with Gasteiger partial charge in [0, 0.05) is 0 Å². The highest BCUT2D eigenvalue weighted by Crippen LogP contribution is 2.29. The summed E-state index contributed by atoms with van der Waals surface area (Å²) in [6.07, 6.45) is 7.15. The smallest absolute Gasteiger partial charge is 0.320 e. The van der Waals surface area contributed by atoms with Crippen molar-refractivity contribution >= 4 is 5.97 Å². The molecule has 0 heterocycles. The third-order valence-electron chi connectivity index (χ3n) is 3.79. The molecule has 94 valence electrons. The maximum Gasteiger partial charge on any atom is 0.320 e. The van der Waals surface area contributed by atoms with Crippen LogP contribution >= 0.6 is 0 Å². The monoisotopic (exact) mass is 227 g/mol. The number of hydrogen-bond donors (Lipinski definition) is 2. The zero-order chi connectivity index (χ0) is 12.0. The van der Waals surface area contributed by atoms with Gasteiger partial charge in [0.1, 0.15) is 6.04 Å². The minimum absolute atomic E-state index is 0.359. The number of hydrogen-bond acceptors (Lipinski definition) is 2. The zero-order valence-electron chi connectivity index (χ0n) is 10.5. The molecule has 0 aromatic carbocycles. The van der Waals surface area contributed by atoms with Crippen LogP contribution in [0.4, 0.5) is 0 Å². The molecule has 0 amide bonds. The standard InChI is InChI=1S/C13H25NO2/c1-3-12(13(15)16)14-9-8-11-6-4-10(2)5-7-11/h10-12,14H,3-9H2,1-2H3,(H,15,16). The average molecular weight is 227 g/mol. The molecule has 1 atom stereocenters. The van der Waals surface area contributed by atoms with Crippen LogP contribution in [-0.4, -0.2) is 23.7 Å². The van der Waals surface area contributed by atoms with Crippen LogP contribution in [0.5, 0.6) is 0 Å². The summed E-state index contributed by atoms with van der Waals surface area (Å²) in [6, 6.07) is -0.359. The molecule has 1 aliphatic rings. The molecule has 0 spiro atoms. The van der Waals surface area contributed by atoms with Gasteiger partial charge in [0.25, 0.3) is 0 Å². The summed E-state index contributed by atoms with van der Waals surface area (Å²) in [4.78, 5) is 10.8. The number of aliphatic carboxylic acids is 1. The van der Waals surface area contributed by atoms with Gasteiger partial charge in [0.15, 0.2) is 0 Å². The van der Waals surface area contributed by atoms with E-state index in [1.165, 1.54) is 25.7 Å². The molecule has 0 aromatic rings. The summed E-state index contributed by atoms with van der Waals surface area (Å²) < 4.78 is 0. The van der Waals surface area contributed by atoms with Crippen LogP contribution < -0.4 is 5.32 Å². The molecule has 0 bridgehead atoms. The Morgan fingerprint density at radius 3 is 2.50 bits per heavy atom. The predicted molar refractivity (Wildman–Crippen MR) is 65.5 cm³/mol. The van der Waals surface area contributed by atoms with Gasteiger partial charge in [-0.15, -0.1) is 0 Å². The van der Waals surface area contributed by atoms with E-state index < -0.39 is 5.97 Å². The van der Waals surface area contributed by atoms with Crippen molar-refractivity contribution in [2.45, 2.75) is 58.4 Å². The molecular weight excluding hydrogens is 202 g/mol. The van der Waals surface area contributed by atoms with Gasteiger partial charge in [0.2, 0.25) is 0 Å². The van der Waals surface area contributed by atoms with Gasteiger partial charge in [-0.1, -0.05) is 39.5 Å². The van der Waals surface area contributed by atoms with Gasteiger partial charge in [-0.3, -0.25) is 4.79 Å². The first-order valence-electron chi connectivity index (χ1n) is 6.59. The van der Waals surface area contributed by atoms with Crippen molar-refractivity contribution in [3.05, 3.63) is 0 Å². The highest BCUT2D eigenvalue weighted by Gasteiger charge is 2.19. The Balaban J connectivity index is 2.12. The van der Waals surface area contributed by atoms with Crippen molar-refractivity contribution in [2.24, 2.45) is 11.8 Å². The summed E-state index contributed by atoms with van der Waals surface area (Å²) in [7, 11) is 0. The number of carbonyl (C=O) groups is 1. The van der Waals surface area contributed by atoms with Crippen LogP contribution in [-0.2, 0) is 4.79 Å². The number of rotatable bonds is 6. The van der Waals surface area contributed by atoms with Crippen molar-refractivity contribution in [1.29, 1.82) is 0 Å². The van der Waals surface area contributed by atoms with Crippen molar-refractivity contribution in [2.75, 3.05) is 6.54 Å². The van der Waals surface area contributed by atoms with Crippen LogP contribution in [0, 0.1) is 11.8 Å². The molecule has 0 aliphatic heterocycles. The molecule has 0 radical (unpaired) electrons. The number of carboxylic acids is 1. The molecule has 1 unspecified atom stereocenters. The highest BCUT2D eigenvalue weighted by atomic mass is 16.4. The molecular formula is C13H25NO2. The van der Waals surface area contributed by atoms with Gasteiger partial charge in [0.05, 0.1) is 0 Å². The Morgan fingerprint density at radius 1 is 1.38 bits per heavy atom. The Hall–Kier alpha value is -0.570.